The van der Waals surface area contributed by atoms with Gasteiger partial charge < -0.3 is 10.1 Å². The van der Waals surface area contributed by atoms with E-state index in [2.05, 4.69) is 11.9 Å². The number of nitrogens with two attached hydrogens (primary N) is 1. The molecule has 0 amide bonds. The number of pyridine rings is 1. The van der Waals surface area contributed by atoms with Gasteiger partial charge >= 0.3 is 0 Å². The van der Waals surface area contributed by atoms with Gasteiger partial charge in [0.1, 0.15) is 5.65 Å². The second-order valence-corrected chi connectivity index (χ2v) is 3.84. The van der Waals surface area contributed by atoms with Crippen LogP contribution >= 0.6 is 0 Å². The standard InChI is InChI=1S/C11H15N3/c1-3-11(2,12)9-8-13-10-6-4-5-7-14(9)10/h4-8H,3,12H2,1-2H3. The van der Waals surface area contributed by atoms with Crippen molar-refractivity contribution in [3.05, 3.63) is 36.3 Å². The van der Waals surface area contributed by atoms with Gasteiger partial charge in [-0.1, -0.05) is 13.0 Å². The van der Waals surface area contributed by atoms with Crippen molar-refractivity contribution in [3.8, 4) is 0 Å². The highest BCUT2D eigenvalue weighted by atomic mass is 15.0. The van der Waals surface area contributed by atoms with Crippen LogP contribution in [0.3, 0.4) is 0 Å². The van der Waals surface area contributed by atoms with E-state index < -0.39 is 0 Å². The van der Waals surface area contributed by atoms with E-state index in [4.69, 9.17) is 5.73 Å². The Morgan fingerprint density at radius 3 is 3.00 bits per heavy atom. The SMILES string of the molecule is CCC(C)(N)c1cnc2ccccn12. The molecule has 3 heteroatoms. The Labute approximate surface area is 83.6 Å². The molecule has 0 fully saturated rings. The normalized spacial score (nSPS) is 15.6. The topological polar surface area (TPSA) is 43.3 Å². The number of fused-ring (bicyclic) bond motifs is 1. The minimum Gasteiger partial charge on any atom is -0.320 e. The summed E-state index contributed by atoms with van der Waals surface area (Å²) in [5, 5.41) is 0. The third-order valence-electron chi connectivity index (χ3n) is 2.74. The molecule has 0 aliphatic heterocycles. The summed E-state index contributed by atoms with van der Waals surface area (Å²) >= 11 is 0. The molecule has 0 aliphatic carbocycles. The summed E-state index contributed by atoms with van der Waals surface area (Å²) in [6.07, 6.45) is 4.76. The average molecular weight is 189 g/mol. The first-order valence-electron chi connectivity index (χ1n) is 4.86. The first-order valence-corrected chi connectivity index (χ1v) is 4.86. The molecule has 0 aromatic carbocycles. The second-order valence-electron chi connectivity index (χ2n) is 3.84. The molecule has 0 radical (unpaired) electrons. The number of imidazole rings is 1. The Balaban J connectivity index is 2.64. The summed E-state index contributed by atoms with van der Waals surface area (Å²) in [5.41, 5.74) is 7.90. The van der Waals surface area contributed by atoms with E-state index in [9.17, 15) is 0 Å². The zero-order valence-electron chi connectivity index (χ0n) is 8.57. The van der Waals surface area contributed by atoms with Crippen LogP contribution in [0.4, 0.5) is 0 Å². The molecule has 0 saturated carbocycles. The maximum absolute atomic E-state index is 6.19. The zero-order chi connectivity index (χ0) is 10.2. The van der Waals surface area contributed by atoms with Crippen LogP contribution in [0.1, 0.15) is 26.0 Å². The van der Waals surface area contributed by atoms with Crippen molar-refractivity contribution in [3.63, 3.8) is 0 Å². The highest BCUT2D eigenvalue weighted by Gasteiger charge is 2.22. The van der Waals surface area contributed by atoms with E-state index in [1.165, 1.54) is 0 Å². The van der Waals surface area contributed by atoms with E-state index in [-0.39, 0.29) is 5.54 Å². The molecule has 2 heterocycles. The first-order chi connectivity index (χ1) is 6.65. The third kappa shape index (κ3) is 1.30. The van der Waals surface area contributed by atoms with E-state index in [1.54, 1.807) is 0 Å². The largest absolute Gasteiger partial charge is 0.320 e. The lowest BCUT2D eigenvalue weighted by Gasteiger charge is -2.21. The molecular weight excluding hydrogens is 174 g/mol. The molecule has 2 aromatic rings. The highest BCUT2D eigenvalue weighted by Crippen LogP contribution is 2.21. The van der Waals surface area contributed by atoms with Crippen molar-refractivity contribution < 1.29 is 0 Å². The van der Waals surface area contributed by atoms with Crippen LogP contribution < -0.4 is 5.73 Å². The fraction of sp³-hybridized carbons (Fsp3) is 0.364. The smallest absolute Gasteiger partial charge is 0.136 e. The van der Waals surface area contributed by atoms with Crippen molar-refractivity contribution >= 4 is 5.65 Å². The molecule has 2 N–H and O–H groups in total. The number of rotatable bonds is 2. The number of hydrogen-bond acceptors (Lipinski definition) is 2. The van der Waals surface area contributed by atoms with Gasteiger partial charge in [-0.2, -0.15) is 0 Å². The van der Waals surface area contributed by atoms with Crippen LogP contribution in [0.5, 0.6) is 0 Å². The van der Waals surface area contributed by atoms with Gasteiger partial charge in [0.15, 0.2) is 0 Å². The Bertz CT molecular complexity index is 442. The third-order valence-corrected chi connectivity index (χ3v) is 2.74. The van der Waals surface area contributed by atoms with Crippen LogP contribution in [-0.4, -0.2) is 9.38 Å². The zero-order valence-corrected chi connectivity index (χ0v) is 8.57. The van der Waals surface area contributed by atoms with E-state index in [0.29, 0.717) is 0 Å². The monoisotopic (exact) mass is 189 g/mol. The average Bonchev–Trinajstić information content (AvgIpc) is 2.61. The maximum Gasteiger partial charge on any atom is 0.136 e. The number of hydrogen-bond donors (Lipinski definition) is 1. The molecule has 3 nitrogen and oxygen atoms in total. The van der Waals surface area contributed by atoms with Crippen molar-refractivity contribution in [2.45, 2.75) is 25.8 Å². The quantitative estimate of drug-likeness (QED) is 0.784. The van der Waals surface area contributed by atoms with Crippen molar-refractivity contribution in [2.75, 3.05) is 0 Å². The van der Waals surface area contributed by atoms with Gasteiger partial charge in [-0.25, -0.2) is 4.98 Å². The van der Waals surface area contributed by atoms with Crippen LogP contribution in [0, 0.1) is 0 Å². The fourth-order valence-electron chi connectivity index (χ4n) is 1.54. The van der Waals surface area contributed by atoms with Crippen LogP contribution in [0.25, 0.3) is 5.65 Å². The van der Waals surface area contributed by atoms with Crippen LogP contribution in [0.2, 0.25) is 0 Å². The molecule has 14 heavy (non-hydrogen) atoms. The van der Waals surface area contributed by atoms with Gasteiger partial charge in [-0.15, -0.1) is 0 Å². The van der Waals surface area contributed by atoms with Gasteiger partial charge in [-0.3, -0.25) is 0 Å². The lowest BCUT2D eigenvalue weighted by molar-refractivity contribution is 0.458. The van der Waals surface area contributed by atoms with E-state index >= 15 is 0 Å². The van der Waals surface area contributed by atoms with Crippen LogP contribution in [-0.2, 0) is 5.54 Å². The summed E-state index contributed by atoms with van der Waals surface area (Å²) in [4.78, 5) is 4.32. The second kappa shape index (κ2) is 3.10. The molecule has 2 rings (SSSR count). The maximum atomic E-state index is 6.19. The molecular formula is C11H15N3. The highest BCUT2D eigenvalue weighted by molar-refractivity contribution is 5.41. The Morgan fingerprint density at radius 2 is 2.29 bits per heavy atom. The van der Waals surface area contributed by atoms with Crippen molar-refractivity contribution in [1.82, 2.24) is 9.38 Å². The van der Waals surface area contributed by atoms with Gasteiger partial charge in [0, 0.05) is 6.20 Å². The van der Waals surface area contributed by atoms with E-state index in [0.717, 1.165) is 17.8 Å². The molecule has 1 unspecified atom stereocenters. The van der Waals surface area contributed by atoms with Crippen molar-refractivity contribution in [2.24, 2.45) is 5.73 Å². The minimum atomic E-state index is -0.305. The summed E-state index contributed by atoms with van der Waals surface area (Å²) in [5.74, 6) is 0. The lowest BCUT2D eigenvalue weighted by Crippen LogP contribution is -2.33. The molecule has 2 aromatic heterocycles. The van der Waals surface area contributed by atoms with Gasteiger partial charge in [-0.05, 0) is 25.5 Å². The minimum absolute atomic E-state index is 0.305. The number of nitrogens with zero attached hydrogens (tertiary/aromatic N) is 2. The Kier molecular flexibility index (Phi) is 2.04. The summed E-state index contributed by atoms with van der Waals surface area (Å²) in [6, 6.07) is 5.95. The van der Waals surface area contributed by atoms with Gasteiger partial charge in [0.25, 0.3) is 0 Å². The predicted octanol–water partition coefficient (Wildman–Crippen LogP) is 1.92. The predicted molar refractivity (Wildman–Crippen MR) is 57.0 cm³/mol. The van der Waals surface area contributed by atoms with E-state index in [1.807, 2.05) is 41.9 Å². The molecule has 0 spiro atoms. The van der Waals surface area contributed by atoms with Crippen molar-refractivity contribution in [1.29, 1.82) is 0 Å². The first kappa shape index (κ1) is 9.21. The lowest BCUT2D eigenvalue weighted by atomic mass is 9.97. The number of aromatic nitrogens is 2. The van der Waals surface area contributed by atoms with Crippen LogP contribution in [0.15, 0.2) is 30.6 Å². The summed E-state index contributed by atoms with van der Waals surface area (Å²) < 4.78 is 2.05. The fourth-order valence-corrected chi connectivity index (χ4v) is 1.54. The molecule has 0 aliphatic rings. The Morgan fingerprint density at radius 1 is 1.50 bits per heavy atom. The van der Waals surface area contributed by atoms with Gasteiger partial charge in [0.05, 0.1) is 17.4 Å². The molecule has 0 bridgehead atoms. The summed E-state index contributed by atoms with van der Waals surface area (Å²) in [6.45, 7) is 4.12. The molecule has 0 saturated heterocycles. The Hall–Kier alpha value is -1.35. The summed E-state index contributed by atoms with van der Waals surface area (Å²) in [7, 11) is 0. The van der Waals surface area contributed by atoms with Gasteiger partial charge in [0.2, 0.25) is 0 Å². The molecule has 1 atom stereocenters. The molecule has 74 valence electrons.